The first-order valence-electron chi connectivity index (χ1n) is 35.7. The lowest BCUT2D eigenvalue weighted by molar-refractivity contribution is -0.161. The molecule has 516 valence electrons. The molecule has 0 heterocycles. The number of esters is 4. The molecule has 0 aromatic rings. The van der Waals surface area contributed by atoms with E-state index in [2.05, 4.69) is 34.6 Å². The van der Waals surface area contributed by atoms with Crippen LogP contribution in [-0.4, -0.2) is 96.7 Å². The van der Waals surface area contributed by atoms with Crippen LogP contribution in [0, 0.1) is 5.92 Å². The quantitative estimate of drug-likeness (QED) is 0.0222. The highest BCUT2D eigenvalue weighted by Gasteiger charge is 2.30. The van der Waals surface area contributed by atoms with Crippen molar-refractivity contribution in [2.24, 2.45) is 5.92 Å². The zero-order chi connectivity index (χ0) is 64.2. The van der Waals surface area contributed by atoms with E-state index >= 15 is 0 Å². The van der Waals surface area contributed by atoms with Crippen LogP contribution in [0.15, 0.2) is 0 Å². The zero-order valence-corrected chi connectivity index (χ0v) is 57.9. The minimum Gasteiger partial charge on any atom is -0.462 e. The van der Waals surface area contributed by atoms with Gasteiger partial charge in [0.05, 0.1) is 26.4 Å². The second-order valence-corrected chi connectivity index (χ2v) is 27.7. The van der Waals surface area contributed by atoms with Crippen LogP contribution in [0.3, 0.4) is 0 Å². The molecular weight excluding hydrogens is 1150 g/mol. The van der Waals surface area contributed by atoms with Crippen molar-refractivity contribution < 1.29 is 80.2 Å². The lowest BCUT2D eigenvalue weighted by atomic mass is 10.00. The summed E-state index contributed by atoms with van der Waals surface area (Å²) in [5.74, 6) is -1.41. The van der Waals surface area contributed by atoms with Crippen LogP contribution in [0.4, 0.5) is 0 Å². The molecule has 0 saturated carbocycles. The van der Waals surface area contributed by atoms with Gasteiger partial charge in [-0.15, -0.1) is 0 Å². The first kappa shape index (κ1) is 85.1. The Kier molecular flexibility index (Phi) is 60.2. The number of rotatable bonds is 68. The Morgan fingerprint density at radius 3 is 0.816 bits per heavy atom. The fraction of sp³-hybridized carbons (Fsp3) is 0.941. The van der Waals surface area contributed by atoms with E-state index in [1.54, 1.807) is 0 Å². The Morgan fingerprint density at radius 1 is 0.322 bits per heavy atom. The van der Waals surface area contributed by atoms with Crippen molar-refractivity contribution in [3.8, 4) is 0 Å². The maximum atomic E-state index is 13.0. The summed E-state index contributed by atoms with van der Waals surface area (Å²) in [5.41, 5.74) is 0. The lowest BCUT2D eigenvalue weighted by Gasteiger charge is -2.21. The van der Waals surface area contributed by atoms with Crippen LogP contribution in [0.5, 0.6) is 0 Å². The average Bonchev–Trinajstić information content (AvgIpc) is 3.66. The summed E-state index contributed by atoms with van der Waals surface area (Å²) < 4.78 is 68.0. The summed E-state index contributed by atoms with van der Waals surface area (Å²) in [7, 11) is -9.89. The molecule has 0 bridgehead atoms. The summed E-state index contributed by atoms with van der Waals surface area (Å²) in [6.45, 7) is 7.13. The number of carbonyl (C=O) groups excluding carboxylic acids is 4. The van der Waals surface area contributed by atoms with Crippen molar-refractivity contribution in [3.63, 3.8) is 0 Å². The highest BCUT2D eigenvalue weighted by atomic mass is 31.2. The number of carbonyl (C=O) groups is 4. The molecule has 0 aromatic heterocycles. The molecule has 0 rings (SSSR count). The Hall–Kier alpha value is -1.94. The van der Waals surface area contributed by atoms with E-state index in [4.69, 9.17) is 37.0 Å². The predicted octanol–water partition coefficient (Wildman–Crippen LogP) is 19.4. The molecular formula is C68H132O17P2. The van der Waals surface area contributed by atoms with Crippen LogP contribution >= 0.6 is 15.6 Å². The molecule has 0 aromatic carbocycles. The van der Waals surface area contributed by atoms with Gasteiger partial charge in [-0.25, -0.2) is 9.13 Å². The van der Waals surface area contributed by atoms with Gasteiger partial charge in [-0.05, 0) is 31.6 Å². The third kappa shape index (κ3) is 61.3. The number of phosphoric ester groups is 2. The Bertz CT molecular complexity index is 1690. The molecule has 0 amide bonds. The van der Waals surface area contributed by atoms with E-state index in [-0.39, 0.29) is 25.7 Å². The highest BCUT2D eigenvalue weighted by Crippen LogP contribution is 2.45. The average molecular weight is 1280 g/mol. The topological polar surface area (TPSA) is 237 Å². The summed E-state index contributed by atoms with van der Waals surface area (Å²) in [6.07, 6.45) is 47.4. The number of ether oxygens (including phenoxy) is 4. The summed E-state index contributed by atoms with van der Waals surface area (Å²) in [4.78, 5) is 72.3. The molecule has 17 nitrogen and oxygen atoms in total. The van der Waals surface area contributed by atoms with Gasteiger partial charge < -0.3 is 33.8 Å². The number of phosphoric acid groups is 2. The van der Waals surface area contributed by atoms with Gasteiger partial charge in [0, 0.05) is 25.7 Å². The molecule has 3 unspecified atom stereocenters. The Balaban J connectivity index is 5.16. The largest absolute Gasteiger partial charge is 0.472 e. The van der Waals surface area contributed by atoms with Gasteiger partial charge in [-0.2, -0.15) is 0 Å². The van der Waals surface area contributed by atoms with Gasteiger partial charge >= 0.3 is 39.5 Å². The van der Waals surface area contributed by atoms with Crippen molar-refractivity contribution >= 4 is 39.5 Å². The van der Waals surface area contributed by atoms with Crippen LogP contribution in [0.1, 0.15) is 349 Å². The molecule has 19 heteroatoms. The van der Waals surface area contributed by atoms with Gasteiger partial charge in [-0.1, -0.05) is 298 Å². The standard InChI is InChI=1S/C68H132O17P2/c1-6-10-13-16-19-21-23-24-25-26-27-28-29-30-32-34-37-43-48-53-67(72)84-63(58-79-66(71)52-47-42-36-33-31-22-20-17-14-11-7-2)59-82-86(74,75)80-55-62(69)56-81-87(76,77)83-60-64(57-78-65(70)51-46-41-35-18-15-12-8-3)85-68(73)54-49-44-39-38-40-45-50-61(5)9-4/h61-64,69H,6-60H2,1-5H3,(H,74,75)(H,76,77)/t61?,62-,63-,64-/m1/s1. The van der Waals surface area contributed by atoms with E-state index in [9.17, 15) is 43.2 Å². The Labute approximate surface area is 530 Å². The Morgan fingerprint density at radius 2 is 0.552 bits per heavy atom. The van der Waals surface area contributed by atoms with Gasteiger partial charge in [-0.3, -0.25) is 37.3 Å². The fourth-order valence-corrected chi connectivity index (χ4v) is 11.8. The van der Waals surface area contributed by atoms with Crippen LogP contribution < -0.4 is 0 Å². The van der Waals surface area contributed by atoms with Crippen molar-refractivity contribution in [1.82, 2.24) is 0 Å². The minimum absolute atomic E-state index is 0.103. The van der Waals surface area contributed by atoms with Crippen molar-refractivity contribution in [2.45, 2.75) is 368 Å². The number of aliphatic hydroxyl groups excluding tert-OH is 1. The maximum Gasteiger partial charge on any atom is 0.472 e. The van der Waals surface area contributed by atoms with Crippen molar-refractivity contribution in [1.29, 1.82) is 0 Å². The molecule has 0 saturated heterocycles. The highest BCUT2D eigenvalue weighted by molar-refractivity contribution is 7.47. The predicted molar refractivity (Wildman–Crippen MR) is 349 cm³/mol. The molecule has 3 N–H and O–H groups in total. The second kappa shape index (κ2) is 61.6. The normalized spacial score (nSPS) is 14.4. The molecule has 0 aliphatic heterocycles. The van der Waals surface area contributed by atoms with Crippen LogP contribution in [0.2, 0.25) is 0 Å². The van der Waals surface area contributed by atoms with Gasteiger partial charge in [0.1, 0.15) is 19.3 Å². The van der Waals surface area contributed by atoms with Crippen molar-refractivity contribution in [2.75, 3.05) is 39.6 Å². The molecule has 0 spiro atoms. The summed E-state index contributed by atoms with van der Waals surface area (Å²) >= 11 is 0. The van der Waals surface area contributed by atoms with Gasteiger partial charge in [0.25, 0.3) is 0 Å². The number of aliphatic hydroxyl groups is 1. The summed E-state index contributed by atoms with van der Waals surface area (Å²) in [6, 6.07) is 0. The molecule has 0 aliphatic rings. The smallest absolute Gasteiger partial charge is 0.462 e. The maximum absolute atomic E-state index is 13.0. The third-order valence-corrected chi connectivity index (χ3v) is 18.0. The van der Waals surface area contributed by atoms with E-state index in [1.807, 2.05) is 0 Å². The minimum atomic E-state index is -4.95. The number of hydrogen-bond acceptors (Lipinski definition) is 15. The SMILES string of the molecule is CCCCCCCCCCCCCCCCCCCCCC(=O)O[C@H](COC(=O)CCCCCCCCCCCCC)COP(=O)(O)OC[C@@H](O)COP(=O)(O)OC[C@@H](COC(=O)CCCCCCCCC)OC(=O)CCCCCCCCC(C)CC. The third-order valence-electron chi connectivity index (χ3n) is 16.1. The molecule has 0 aliphatic carbocycles. The first-order chi connectivity index (χ1) is 42.1. The van der Waals surface area contributed by atoms with Gasteiger partial charge in [0.2, 0.25) is 0 Å². The molecule has 6 atom stereocenters. The van der Waals surface area contributed by atoms with Crippen LogP contribution in [-0.2, 0) is 65.4 Å². The number of hydrogen-bond donors (Lipinski definition) is 3. The second-order valence-electron chi connectivity index (χ2n) is 24.8. The number of unbranched alkanes of at least 4 members (excludes halogenated alkanes) is 39. The van der Waals surface area contributed by atoms with Crippen LogP contribution in [0.25, 0.3) is 0 Å². The lowest BCUT2D eigenvalue weighted by Crippen LogP contribution is -2.30. The first-order valence-corrected chi connectivity index (χ1v) is 38.7. The summed E-state index contributed by atoms with van der Waals surface area (Å²) in [5, 5.41) is 10.5. The van der Waals surface area contributed by atoms with E-state index in [0.717, 1.165) is 109 Å². The monoisotopic (exact) mass is 1280 g/mol. The van der Waals surface area contributed by atoms with Crippen molar-refractivity contribution in [3.05, 3.63) is 0 Å². The fourth-order valence-electron chi connectivity index (χ4n) is 10.3. The van der Waals surface area contributed by atoms with E-state index in [1.165, 1.54) is 161 Å². The van der Waals surface area contributed by atoms with E-state index in [0.29, 0.717) is 25.7 Å². The van der Waals surface area contributed by atoms with E-state index < -0.39 is 97.5 Å². The van der Waals surface area contributed by atoms with Gasteiger partial charge in [0.15, 0.2) is 12.2 Å². The molecule has 87 heavy (non-hydrogen) atoms. The molecule has 0 radical (unpaired) electrons. The molecule has 0 fully saturated rings. The zero-order valence-electron chi connectivity index (χ0n) is 56.2.